The van der Waals surface area contributed by atoms with Gasteiger partial charge in [0.05, 0.1) is 32.8 Å². The molecule has 1 fully saturated rings. The Morgan fingerprint density at radius 2 is 2.12 bits per heavy atom. The van der Waals surface area contributed by atoms with Crippen molar-refractivity contribution in [1.82, 2.24) is 4.98 Å². The SMILES string of the molecule is CC#CCNc1cc(Cl)nc2c(Br)c([C@@H]3[C@@H](N)CCCC3(F)F)sc12.O=C(O)C(F)(F)F. The Kier molecular flexibility index (Phi) is 8.72. The van der Waals surface area contributed by atoms with Gasteiger partial charge in [-0.25, -0.2) is 18.6 Å². The molecule has 0 bridgehead atoms. The number of carboxylic acid groups (broad SMARTS) is 1. The Morgan fingerprint density at radius 1 is 1.50 bits per heavy atom. The van der Waals surface area contributed by atoms with Gasteiger partial charge in [0.15, 0.2) is 0 Å². The lowest BCUT2D eigenvalue weighted by Gasteiger charge is -2.35. The zero-order chi connectivity index (χ0) is 24.3. The molecule has 2 atom stereocenters. The Bertz CT molecular complexity index is 1050. The lowest BCUT2D eigenvalue weighted by Crippen LogP contribution is -2.43. The van der Waals surface area contributed by atoms with Gasteiger partial charge in [-0.1, -0.05) is 17.5 Å². The first-order chi connectivity index (χ1) is 14.8. The van der Waals surface area contributed by atoms with Crippen molar-refractivity contribution in [2.24, 2.45) is 5.73 Å². The van der Waals surface area contributed by atoms with E-state index in [4.69, 9.17) is 27.2 Å². The zero-order valence-corrected chi connectivity index (χ0v) is 19.7. The average Bonchev–Trinajstić information content (AvgIpc) is 2.97. The van der Waals surface area contributed by atoms with Crippen LogP contribution in [0.4, 0.5) is 27.6 Å². The maximum absolute atomic E-state index is 14.6. The lowest BCUT2D eigenvalue weighted by atomic mass is 9.81. The second-order valence-corrected chi connectivity index (χ2v) is 9.06. The molecule has 2 aromatic heterocycles. The number of hydrogen-bond donors (Lipinski definition) is 3. The van der Waals surface area contributed by atoms with E-state index >= 15 is 0 Å². The number of carbonyl (C=O) groups is 1. The molecule has 3 rings (SSSR count). The minimum absolute atomic E-state index is 0.141. The van der Waals surface area contributed by atoms with Gasteiger partial charge >= 0.3 is 12.1 Å². The molecule has 2 heterocycles. The number of hydrogen-bond acceptors (Lipinski definition) is 5. The molecule has 1 aliphatic carbocycles. The molecule has 5 nitrogen and oxygen atoms in total. The number of nitrogens with one attached hydrogen (secondary N) is 1. The van der Waals surface area contributed by atoms with Crippen molar-refractivity contribution >= 4 is 60.7 Å². The van der Waals surface area contributed by atoms with Gasteiger partial charge in [-0.15, -0.1) is 17.3 Å². The molecular weight excluding hydrogens is 545 g/mol. The van der Waals surface area contributed by atoms with Crippen molar-refractivity contribution in [3.05, 3.63) is 20.6 Å². The van der Waals surface area contributed by atoms with E-state index in [9.17, 15) is 22.0 Å². The van der Waals surface area contributed by atoms with E-state index < -0.39 is 30.0 Å². The number of anilines is 1. The molecular formula is C19H18BrClF5N3O2S. The van der Waals surface area contributed by atoms with Gasteiger partial charge in [0.25, 0.3) is 5.92 Å². The average molecular weight is 563 g/mol. The van der Waals surface area contributed by atoms with Crippen LogP contribution in [-0.2, 0) is 4.79 Å². The first-order valence-electron chi connectivity index (χ1n) is 9.15. The number of pyridine rings is 1. The van der Waals surface area contributed by atoms with E-state index in [-0.39, 0.29) is 6.42 Å². The number of nitrogens with two attached hydrogens (primary N) is 1. The van der Waals surface area contributed by atoms with Gasteiger partial charge in [0, 0.05) is 23.4 Å². The Balaban J connectivity index is 0.000000451. The van der Waals surface area contributed by atoms with Crippen LogP contribution in [0.5, 0.6) is 0 Å². The van der Waals surface area contributed by atoms with Crippen LogP contribution in [0.25, 0.3) is 10.2 Å². The van der Waals surface area contributed by atoms with E-state index in [1.807, 2.05) is 0 Å². The third kappa shape index (κ3) is 6.21. The summed E-state index contributed by atoms with van der Waals surface area (Å²) >= 11 is 10.9. The van der Waals surface area contributed by atoms with Crippen molar-refractivity contribution in [3.8, 4) is 11.8 Å². The van der Waals surface area contributed by atoms with Gasteiger partial charge in [0.1, 0.15) is 5.15 Å². The summed E-state index contributed by atoms with van der Waals surface area (Å²) in [4.78, 5) is 13.7. The Hall–Kier alpha value is -1.68. The van der Waals surface area contributed by atoms with Crippen LogP contribution >= 0.6 is 38.9 Å². The molecule has 0 radical (unpaired) electrons. The summed E-state index contributed by atoms with van der Waals surface area (Å²) in [6.07, 6.45) is -4.19. The lowest BCUT2D eigenvalue weighted by molar-refractivity contribution is -0.192. The van der Waals surface area contributed by atoms with Crippen LogP contribution in [0.15, 0.2) is 10.5 Å². The highest BCUT2D eigenvalue weighted by molar-refractivity contribution is 9.10. The van der Waals surface area contributed by atoms with Gasteiger partial charge in [-0.3, -0.25) is 0 Å². The summed E-state index contributed by atoms with van der Waals surface area (Å²) in [5.74, 6) is -0.884. The largest absolute Gasteiger partial charge is 0.490 e. The molecule has 0 unspecified atom stereocenters. The van der Waals surface area contributed by atoms with Crippen LogP contribution in [0.2, 0.25) is 5.15 Å². The maximum atomic E-state index is 14.6. The summed E-state index contributed by atoms with van der Waals surface area (Å²) in [6, 6.07) is 1.11. The number of alkyl halides is 5. The van der Waals surface area contributed by atoms with E-state index in [0.717, 1.165) is 10.4 Å². The van der Waals surface area contributed by atoms with Crippen molar-refractivity contribution in [2.45, 2.75) is 50.2 Å². The van der Waals surface area contributed by atoms with E-state index in [2.05, 4.69) is 38.1 Å². The Labute approximate surface area is 197 Å². The number of carboxylic acids is 1. The number of thiophene rings is 1. The minimum atomic E-state index is -5.08. The monoisotopic (exact) mass is 561 g/mol. The van der Waals surface area contributed by atoms with Gasteiger partial charge in [-0.05, 0) is 35.7 Å². The molecule has 4 N–H and O–H groups in total. The topological polar surface area (TPSA) is 88.2 Å². The third-order valence-corrected chi connectivity index (χ3v) is 7.13. The van der Waals surface area contributed by atoms with E-state index in [1.165, 1.54) is 11.3 Å². The summed E-state index contributed by atoms with van der Waals surface area (Å²) < 4.78 is 62.2. The quantitative estimate of drug-likeness (QED) is 0.242. The van der Waals surface area contributed by atoms with Gasteiger partial charge < -0.3 is 16.2 Å². The second kappa shape index (κ2) is 10.5. The smallest absolute Gasteiger partial charge is 0.475 e. The summed E-state index contributed by atoms with van der Waals surface area (Å²) in [5.41, 5.74) is 7.38. The van der Waals surface area contributed by atoms with Crippen LogP contribution in [-0.4, -0.2) is 40.7 Å². The van der Waals surface area contributed by atoms with Crippen molar-refractivity contribution in [2.75, 3.05) is 11.9 Å². The fourth-order valence-corrected chi connectivity index (χ4v) is 5.65. The molecule has 2 aromatic rings. The third-order valence-electron chi connectivity index (χ3n) is 4.58. The molecule has 32 heavy (non-hydrogen) atoms. The van der Waals surface area contributed by atoms with Crippen LogP contribution in [0.3, 0.4) is 0 Å². The predicted octanol–water partition coefficient (Wildman–Crippen LogP) is 6.01. The normalized spacial score (nSPS) is 20.0. The summed E-state index contributed by atoms with van der Waals surface area (Å²) in [5, 5.41) is 10.6. The second-order valence-electron chi connectivity index (χ2n) is 6.83. The first kappa shape index (κ1) is 26.6. The van der Waals surface area contributed by atoms with Crippen LogP contribution < -0.4 is 11.1 Å². The zero-order valence-electron chi connectivity index (χ0n) is 16.5. The molecule has 0 aromatic carbocycles. The first-order valence-corrected chi connectivity index (χ1v) is 11.1. The van der Waals surface area contributed by atoms with Gasteiger partial charge in [0.2, 0.25) is 0 Å². The Morgan fingerprint density at radius 3 is 2.66 bits per heavy atom. The van der Waals surface area contributed by atoms with Crippen molar-refractivity contribution in [3.63, 3.8) is 0 Å². The number of aliphatic carboxylic acids is 1. The number of aromatic nitrogens is 1. The molecule has 0 spiro atoms. The minimum Gasteiger partial charge on any atom is -0.475 e. The summed E-state index contributed by atoms with van der Waals surface area (Å²) in [7, 11) is 0. The standard InChI is InChI=1S/C17H17BrClF2N3S.C2HF3O2/c1-2-3-7-23-10-8-11(19)24-14-13(18)16(25-15(10)14)12-9(22)5-4-6-17(12,20)21;3-2(4,5)1(6)7/h8-9,12H,4-7,22H2,1H3,(H,23,24);(H,6,7)/t9-,12-;/m0./s1. The molecule has 176 valence electrons. The predicted molar refractivity (Wildman–Crippen MR) is 117 cm³/mol. The molecule has 13 heteroatoms. The highest BCUT2D eigenvalue weighted by Crippen LogP contribution is 2.51. The summed E-state index contributed by atoms with van der Waals surface area (Å²) in [6.45, 7) is 2.19. The number of halogens is 7. The molecule has 0 amide bonds. The number of nitrogens with zero attached hydrogens (tertiary/aromatic N) is 1. The number of fused-ring (bicyclic) bond motifs is 1. The molecule has 0 aliphatic heterocycles. The molecule has 1 saturated carbocycles. The number of rotatable bonds is 3. The van der Waals surface area contributed by atoms with Crippen LogP contribution in [0, 0.1) is 11.8 Å². The van der Waals surface area contributed by atoms with Crippen LogP contribution in [0.1, 0.15) is 37.0 Å². The maximum Gasteiger partial charge on any atom is 0.490 e. The molecule has 0 saturated heterocycles. The highest BCUT2D eigenvalue weighted by Gasteiger charge is 2.48. The molecule has 1 aliphatic rings. The highest BCUT2D eigenvalue weighted by atomic mass is 79.9. The van der Waals surface area contributed by atoms with Crippen molar-refractivity contribution in [1.29, 1.82) is 0 Å². The fraction of sp³-hybridized carbons (Fsp3) is 0.474. The van der Waals surface area contributed by atoms with Crippen molar-refractivity contribution < 1.29 is 31.9 Å². The fourth-order valence-electron chi connectivity index (χ4n) is 3.18. The van der Waals surface area contributed by atoms with Gasteiger partial charge in [-0.2, -0.15) is 13.2 Å². The van der Waals surface area contributed by atoms with E-state index in [1.54, 1.807) is 13.0 Å². The van der Waals surface area contributed by atoms with E-state index in [0.29, 0.717) is 39.4 Å².